The van der Waals surface area contributed by atoms with E-state index in [-0.39, 0.29) is 10.5 Å². The molecule has 11 heteroatoms. The van der Waals surface area contributed by atoms with Crippen molar-refractivity contribution in [2.75, 3.05) is 5.01 Å². The summed E-state index contributed by atoms with van der Waals surface area (Å²) >= 11 is 0. The number of sulfonamides is 1. The molecule has 28 heavy (non-hydrogen) atoms. The Bertz CT molecular complexity index is 1150. The number of amides is 1. The molecule has 0 bridgehead atoms. The zero-order valence-electron chi connectivity index (χ0n) is 14.4. The second-order valence-corrected chi connectivity index (χ2v) is 7.47. The molecule has 0 radical (unpaired) electrons. The van der Waals surface area contributed by atoms with Gasteiger partial charge in [-0.25, -0.2) is 13.6 Å². The fourth-order valence-electron chi connectivity index (χ4n) is 2.58. The Morgan fingerprint density at radius 2 is 1.86 bits per heavy atom. The summed E-state index contributed by atoms with van der Waals surface area (Å²) in [6.45, 7) is 1.59. The van der Waals surface area contributed by atoms with Crippen molar-refractivity contribution in [3.05, 3.63) is 63.7 Å². The first-order valence-electron chi connectivity index (χ1n) is 7.80. The molecule has 1 heterocycles. The first-order chi connectivity index (χ1) is 13.1. The molecule has 0 fully saturated rings. The predicted octanol–water partition coefficient (Wildman–Crippen LogP) is 1.75. The van der Waals surface area contributed by atoms with Crippen LogP contribution in [0.15, 0.2) is 58.0 Å². The summed E-state index contributed by atoms with van der Waals surface area (Å²) in [5, 5.41) is 30.8. The van der Waals surface area contributed by atoms with Crippen molar-refractivity contribution in [2.45, 2.75) is 11.8 Å². The Labute approximate surface area is 159 Å². The number of rotatable bonds is 4. The number of hydrazone groups is 1. The molecule has 3 N–H and O–H groups in total. The van der Waals surface area contributed by atoms with E-state index in [2.05, 4.69) is 5.10 Å². The van der Waals surface area contributed by atoms with Crippen molar-refractivity contribution < 1.29 is 23.2 Å². The highest BCUT2D eigenvalue weighted by atomic mass is 32.2. The summed E-state index contributed by atoms with van der Waals surface area (Å²) in [6.07, 6.45) is 1.42. The molecule has 0 atom stereocenters. The number of hydrogen-bond donors (Lipinski definition) is 2. The van der Waals surface area contributed by atoms with Gasteiger partial charge >= 0.3 is 5.69 Å². The molecule has 0 spiro atoms. The minimum absolute atomic E-state index is 0.101. The molecule has 1 amide bonds. The SMILES string of the molecule is CC1=NN(c2ccc(S(N)(=O)=O)cc2)C(=O)C1=Cc1ccc(O)c([N+](=O)[O-])c1. The van der Waals surface area contributed by atoms with Crippen LogP contribution >= 0.6 is 0 Å². The number of phenols is 1. The van der Waals surface area contributed by atoms with Crippen LogP contribution in [0.3, 0.4) is 0 Å². The van der Waals surface area contributed by atoms with Crippen LogP contribution in [0.5, 0.6) is 5.75 Å². The van der Waals surface area contributed by atoms with E-state index in [1.165, 1.54) is 42.5 Å². The normalized spacial score (nSPS) is 15.8. The van der Waals surface area contributed by atoms with Gasteiger partial charge in [0, 0.05) is 6.07 Å². The molecule has 1 aliphatic heterocycles. The molecule has 144 valence electrons. The van der Waals surface area contributed by atoms with Gasteiger partial charge in [0.05, 0.1) is 26.8 Å². The Morgan fingerprint density at radius 1 is 1.21 bits per heavy atom. The number of nitro groups is 1. The molecule has 0 saturated carbocycles. The van der Waals surface area contributed by atoms with E-state index in [9.17, 15) is 28.4 Å². The van der Waals surface area contributed by atoms with Gasteiger partial charge in [-0.1, -0.05) is 6.07 Å². The zero-order chi connectivity index (χ0) is 20.6. The molecule has 0 aliphatic carbocycles. The lowest BCUT2D eigenvalue weighted by molar-refractivity contribution is -0.385. The number of primary sulfonamides is 1. The number of nitrogens with zero attached hydrogens (tertiary/aromatic N) is 3. The minimum Gasteiger partial charge on any atom is -0.502 e. The van der Waals surface area contributed by atoms with E-state index in [1.807, 2.05) is 0 Å². The van der Waals surface area contributed by atoms with Crippen molar-refractivity contribution in [3.63, 3.8) is 0 Å². The van der Waals surface area contributed by atoms with Crippen LogP contribution < -0.4 is 10.1 Å². The molecule has 0 aromatic heterocycles. The van der Waals surface area contributed by atoms with Crippen molar-refractivity contribution in [1.29, 1.82) is 0 Å². The average molecular weight is 402 g/mol. The van der Waals surface area contributed by atoms with E-state index in [1.54, 1.807) is 6.92 Å². The third-order valence-electron chi connectivity index (χ3n) is 3.98. The highest BCUT2D eigenvalue weighted by molar-refractivity contribution is 7.89. The van der Waals surface area contributed by atoms with Crippen LogP contribution in [-0.2, 0) is 14.8 Å². The first kappa shape index (κ1) is 19.2. The van der Waals surface area contributed by atoms with Crippen LogP contribution in [0, 0.1) is 10.1 Å². The quantitative estimate of drug-likeness (QED) is 0.451. The van der Waals surface area contributed by atoms with Gasteiger partial charge < -0.3 is 5.11 Å². The van der Waals surface area contributed by atoms with Crippen LogP contribution in [0.2, 0.25) is 0 Å². The third kappa shape index (κ3) is 3.61. The lowest BCUT2D eigenvalue weighted by atomic mass is 10.1. The molecule has 10 nitrogen and oxygen atoms in total. The standard InChI is InChI=1S/C17H14N4O6S/c1-10-14(8-11-2-7-16(22)15(9-11)21(24)25)17(23)20(19-10)12-3-5-13(6-4-12)28(18,26)27/h2-9,22H,1H3,(H2,18,26,27). The maximum atomic E-state index is 12.7. The van der Waals surface area contributed by atoms with Gasteiger partial charge in [-0.05, 0) is 48.9 Å². The van der Waals surface area contributed by atoms with Gasteiger partial charge in [0.2, 0.25) is 10.0 Å². The molecule has 1 aliphatic rings. The van der Waals surface area contributed by atoms with Gasteiger partial charge in [-0.15, -0.1) is 0 Å². The van der Waals surface area contributed by atoms with Gasteiger partial charge in [-0.2, -0.15) is 10.1 Å². The maximum absolute atomic E-state index is 12.7. The van der Waals surface area contributed by atoms with E-state index in [4.69, 9.17) is 5.14 Å². The number of nitrogens with two attached hydrogens (primary N) is 1. The molecule has 0 saturated heterocycles. The summed E-state index contributed by atoms with van der Waals surface area (Å²) in [6, 6.07) is 9.04. The first-order valence-corrected chi connectivity index (χ1v) is 9.34. The van der Waals surface area contributed by atoms with Crippen LogP contribution in [0.4, 0.5) is 11.4 Å². The lowest BCUT2D eigenvalue weighted by Crippen LogP contribution is -2.21. The number of benzene rings is 2. The van der Waals surface area contributed by atoms with E-state index in [0.29, 0.717) is 17.0 Å². The summed E-state index contributed by atoms with van der Waals surface area (Å²) in [7, 11) is -3.86. The zero-order valence-corrected chi connectivity index (χ0v) is 15.3. The molecule has 0 unspecified atom stereocenters. The predicted molar refractivity (Wildman–Crippen MR) is 101 cm³/mol. The van der Waals surface area contributed by atoms with E-state index >= 15 is 0 Å². The van der Waals surface area contributed by atoms with Crippen molar-refractivity contribution in [2.24, 2.45) is 10.2 Å². The van der Waals surface area contributed by atoms with Gasteiger partial charge in [-0.3, -0.25) is 14.9 Å². The Hall–Kier alpha value is -3.57. The average Bonchev–Trinajstić information content (AvgIpc) is 2.90. The summed E-state index contributed by atoms with van der Waals surface area (Å²) in [4.78, 5) is 22.8. The number of carbonyl (C=O) groups excluding carboxylic acids is 1. The number of aromatic hydroxyl groups is 1. The monoisotopic (exact) mass is 402 g/mol. The molecule has 3 rings (SSSR count). The number of hydrogen-bond acceptors (Lipinski definition) is 7. The third-order valence-corrected chi connectivity index (χ3v) is 4.91. The maximum Gasteiger partial charge on any atom is 0.311 e. The van der Waals surface area contributed by atoms with Crippen molar-refractivity contribution in [1.82, 2.24) is 0 Å². The van der Waals surface area contributed by atoms with Gasteiger partial charge in [0.15, 0.2) is 5.75 Å². The van der Waals surface area contributed by atoms with Crippen molar-refractivity contribution >= 4 is 39.1 Å². The number of carbonyl (C=O) groups is 1. The number of anilines is 1. The highest BCUT2D eigenvalue weighted by Crippen LogP contribution is 2.29. The molecule has 2 aromatic rings. The van der Waals surface area contributed by atoms with Crippen LogP contribution in [0.25, 0.3) is 6.08 Å². The summed E-state index contributed by atoms with van der Waals surface area (Å²) < 4.78 is 22.7. The lowest BCUT2D eigenvalue weighted by Gasteiger charge is -2.12. The highest BCUT2D eigenvalue weighted by Gasteiger charge is 2.29. The molecule has 2 aromatic carbocycles. The summed E-state index contributed by atoms with van der Waals surface area (Å²) in [5.74, 6) is -0.969. The Balaban J connectivity index is 1.94. The fraction of sp³-hybridized carbons (Fsp3) is 0.0588. The number of nitro benzene ring substituents is 1. The largest absolute Gasteiger partial charge is 0.502 e. The topological polar surface area (TPSA) is 156 Å². The fourth-order valence-corrected chi connectivity index (χ4v) is 3.09. The van der Waals surface area contributed by atoms with Gasteiger partial charge in [0.1, 0.15) is 0 Å². The Kier molecular flexibility index (Phi) is 4.71. The van der Waals surface area contributed by atoms with Gasteiger partial charge in [0.25, 0.3) is 5.91 Å². The van der Waals surface area contributed by atoms with Crippen LogP contribution in [-0.4, -0.2) is 30.1 Å². The number of phenolic OH excluding ortho intramolecular Hbond substituents is 1. The molecular weight excluding hydrogens is 388 g/mol. The smallest absolute Gasteiger partial charge is 0.311 e. The van der Waals surface area contributed by atoms with E-state index in [0.717, 1.165) is 11.1 Å². The molecular formula is C17H14N4O6S. The minimum atomic E-state index is -3.86. The van der Waals surface area contributed by atoms with E-state index < -0.39 is 32.3 Å². The van der Waals surface area contributed by atoms with Crippen molar-refractivity contribution in [3.8, 4) is 5.75 Å². The Morgan fingerprint density at radius 3 is 2.43 bits per heavy atom. The second kappa shape index (κ2) is 6.87. The van der Waals surface area contributed by atoms with Crippen LogP contribution in [0.1, 0.15) is 12.5 Å². The second-order valence-electron chi connectivity index (χ2n) is 5.90. The summed E-state index contributed by atoms with van der Waals surface area (Å²) in [5.41, 5.74) is 0.766.